The van der Waals surface area contributed by atoms with Crippen LogP contribution < -0.4 is 0 Å². The first-order valence-electron chi connectivity index (χ1n) is 6.72. The molecule has 0 aliphatic heterocycles. The second kappa shape index (κ2) is 8.22. The third-order valence-corrected chi connectivity index (χ3v) is 4.95. The van der Waals surface area contributed by atoms with E-state index < -0.39 is 0 Å². The van der Waals surface area contributed by atoms with Crippen molar-refractivity contribution in [3.8, 4) is 0 Å². The van der Waals surface area contributed by atoms with Crippen molar-refractivity contribution in [3.63, 3.8) is 0 Å². The highest BCUT2D eigenvalue weighted by molar-refractivity contribution is 7.99. The van der Waals surface area contributed by atoms with Crippen LogP contribution >= 0.6 is 23.1 Å². The van der Waals surface area contributed by atoms with Gasteiger partial charge in [-0.25, -0.2) is 0 Å². The summed E-state index contributed by atoms with van der Waals surface area (Å²) in [5, 5.41) is 11.0. The van der Waals surface area contributed by atoms with E-state index in [9.17, 15) is 4.79 Å². The zero-order chi connectivity index (χ0) is 15.1. The normalized spacial score (nSPS) is 10.6. The fourth-order valence-electron chi connectivity index (χ4n) is 1.83. The molecule has 0 saturated carbocycles. The molecule has 0 bridgehead atoms. The fourth-order valence-corrected chi connectivity index (χ4v) is 3.51. The van der Waals surface area contributed by atoms with Crippen molar-refractivity contribution in [1.29, 1.82) is 0 Å². The summed E-state index contributed by atoms with van der Waals surface area (Å²) in [7, 11) is 1.85. The Morgan fingerprint density at radius 1 is 1.24 bits per heavy atom. The van der Waals surface area contributed by atoms with Gasteiger partial charge in [0.2, 0.25) is 5.91 Å². The maximum absolute atomic E-state index is 12.0. The van der Waals surface area contributed by atoms with Gasteiger partial charge >= 0.3 is 0 Å². The van der Waals surface area contributed by atoms with E-state index in [0.717, 1.165) is 11.3 Å². The molecule has 2 aromatic rings. The van der Waals surface area contributed by atoms with E-state index in [1.54, 1.807) is 28.0 Å². The smallest absolute Gasteiger partial charge is 0.232 e. The van der Waals surface area contributed by atoms with Crippen LogP contribution in [0.2, 0.25) is 0 Å². The summed E-state index contributed by atoms with van der Waals surface area (Å²) in [5.41, 5.74) is 2.08. The number of carbonyl (C=O) groups is 1. The number of benzene rings is 1. The zero-order valence-electron chi connectivity index (χ0n) is 12.0. The van der Waals surface area contributed by atoms with Crippen LogP contribution in [0.25, 0.3) is 0 Å². The Hall–Kier alpha value is -1.30. The van der Waals surface area contributed by atoms with E-state index >= 15 is 0 Å². The Morgan fingerprint density at radius 3 is 2.57 bits per heavy atom. The maximum Gasteiger partial charge on any atom is 0.232 e. The molecule has 0 spiro atoms. The number of aliphatic hydroxyl groups is 1. The number of nitrogens with zero attached hydrogens (tertiary/aromatic N) is 1. The third-order valence-electron chi connectivity index (χ3n) is 3.10. The molecule has 0 aliphatic rings. The minimum absolute atomic E-state index is 0.0689. The summed E-state index contributed by atoms with van der Waals surface area (Å²) >= 11 is 3.29. The summed E-state index contributed by atoms with van der Waals surface area (Å²) in [4.78, 5) is 15.0. The average Bonchev–Trinajstić information content (AvgIpc) is 3.00. The molecule has 1 N–H and O–H groups in total. The van der Waals surface area contributed by atoms with E-state index in [2.05, 4.69) is 0 Å². The highest BCUT2D eigenvalue weighted by Crippen LogP contribution is 2.15. The molecule has 0 fully saturated rings. The first-order chi connectivity index (χ1) is 10.2. The monoisotopic (exact) mass is 321 g/mol. The summed E-state index contributed by atoms with van der Waals surface area (Å²) in [6, 6.07) is 11.9. The van der Waals surface area contributed by atoms with E-state index in [-0.39, 0.29) is 12.5 Å². The number of thiophene rings is 1. The number of hydrogen-bond acceptors (Lipinski definition) is 4. The number of amides is 1. The maximum atomic E-state index is 12.0. The van der Waals surface area contributed by atoms with Gasteiger partial charge in [0.25, 0.3) is 0 Å². The zero-order valence-corrected chi connectivity index (χ0v) is 13.6. The molecule has 0 saturated heterocycles. The molecule has 1 heterocycles. The standard InChI is InChI=1S/C16H19NO2S2/c1-17(9-15-3-2-8-21-15)16(19)12-20-11-14-6-4-13(10-18)5-7-14/h2-8,18H,9-12H2,1H3. The van der Waals surface area contributed by atoms with Crippen LogP contribution in [0.5, 0.6) is 0 Å². The molecule has 1 amide bonds. The highest BCUT2D eigenvalue weighted by Gasteiger charge is 2.09. The first kappa shape index (κ1) is 16.1. The second-order valence-corrected chi connectivity index (χ2v) is 6.81. The SMILES string of the molecule is CN(Cc1cccs1)C(=O)CSCc1ccc(CO)cc1. The Kier molecular flexibility index (Phi) is 6.29. The molecule has 1 aromatic heterocycles. The van der Waals surface area contributed by atoms with Crippen molar-refractivity contribution in [1.82, 2.24) is 4.90 Å². The number of aliphatic hydroxyl groups excluding tert-OH is 1. The lowest BCUT2D eigenvalue weighted by atomic mass is 10.2. The van der Waals surface area contributed by atoms with Gasteiger partial charge in [0.05, 0.1) is 18.9 Å². The summed E-state index contributed by atoms with van der Waals surface area (Å²) in [5.74, 6) is 1.45. The van der Waals surface area contributed by atoms with Gasteiger partial charge in [-0.1, -0.05) is 30.3 Å². The summed E-state index contributed by atoms with van der Waals surface area (Å²) < 4.78 is 0. The topological polar surface area (TPSA) is 40.5 Å². The van der Waals surface area contributed by atoms with Crippen molar-refractivity contribution < 1.29 is 9.90 Å². The van der Waals surface area contributed by atoms with Crippen molar-refractivity contribution in [2.24, 2.45) is 0 Å². The molecule has 112 valence electrons. The first-order valence-corrected chi connectivity index (χ1v) is 8.75. The lowest BCUT2D eigenvalue weighted by Gasteiger charge is -2.16. The predicted octanol–water partition coefficient (Wildman–Crippen LogP) is 3.13. The van der Waals surface area contributed by atoms with Gasteiger partial charge in [-0.2, -0.15) is 0 Å². The van der Waals surface area contributed by atoms with Crippen LogP contribution in [0, 0.1) is 0 Å². The van der Waals surface area contributed by atoms with Crippen molar-refractivity contribution in [3.05, 3.63) is 57.8 Å². The van der Waals surface area contributed by atoms with Gasteiger partial charge < -0.3 is 10.0 Å². The van der Waals surface area contributed by atoms with Crippen LogP contribution in [0.1, 0.15) is 16.0 Å². The molecule has 2 rings (SSSR count). The molecule has 3 nitrogen and oxygen atoms in total. The largest absolute Gasteiger partial charge is 0.392 e. The third kappa shape index (κ3) is 5.19. The van der Waals surface area contributed by atoms with E-state index in [0.29, 0.717) is 12.3 Å². The number of hydrogen-bond donors (Lipinski definition) is 1. The van der Waals surface area contributed by atoms with Crippen LogP contribution in [0.3, 0.4) is 0 Å². The van der Waals surface area contributed by atoms with Crippen molar-refractivity contribution in [2.75, 3.05) is 12.8 Å². The van der Waals surface area contributed by atoms with Gasteiger partial charge in [-0.3, -0.25) is 4.79 Å². The Labute approximate surface area is 133 Å². The van der Waals surface area contributed by atoms with Gasteiger partial charge in [-0.05, 0) is 22.6 Å². The molecule has 0 radical (unpaired) electrons. The minimum Gasteiger partial charge on any atom is -0.392 e. The predicted molar refractivity (Wildman–Crippen MR) is 89.3 cm³/mol. The summed E-state index contributed by atoms with van der Waals surface area (Å²) in [6.45, 7) is 0.752. The molecule has 5 heteroatoms. The van der Waals surface area contributed by atoms with Crippen LogP contribution in [0.15, 0.2) is 41.8 Å². The fraction of sp³-hybridized carbons (Fsp3) is 0.312. The van der Waals surface area contributed by atoms with Crippen LogP contribution in [-0.2, 0) is 23.7 Å². The molecule has 1 aromatic carbocycles. The molecule has 0 unspecified atom stereocenters. The van der Waals surface area contributed by atoms with E-state index in [4.69, 9.17) is 5.11 Å². The Balaban J connectivity index is 1.73. The van der Waals surface area contributed by atoms with Gasteiger partial charge in [0.15, 0.2) is 0 Å². The van der Waals surface area contributed by atoms with Gasteiger partial charge in [0, 0.05) is 17.7 Å². The Morgan fingerprint density at radius 2 is 1.95 bits per heavy atom. The lowest BCUT2D eigenvalue weighted by Crippen LogP contribution is -2.27. The number of thioether (sulfide) groups is 1. The van der Waals surface area contributed by atoms with Gasteiger partial charge in [-0.15, -0.1) is 23.1 Å². The highest BCUT2D eigenvalue weighted by atomic mass is 32.2. The van der Waals surface area contributed by atoms with Gasteiger partial charge in [0.1, 0.15) is 0 Å². The number of rotatable bonds is 7. The molecule has 0 aliphatic carbocycles. The van der Waals surface area contributed by atoms with Crippen LogP contribution in [-0.4, -0.2) is 28.7 Å². The average molecular weight is 321 g/mol. The van der Waals surface area contributed by atoms with Crippen molar-refractivity contribution in [2.45, 2.75) is 18.9 Å². The second-order valence-electron chi connectivity index (χ2n) is 4.80. The summed E-state index contributed by atoms with van der Waals surface area (Å²) in [6.07, 6.45) is 0. The van der Waals surface area contributed by atoms with Crippen molar-refractivity contribution >= 4 is 29.0 Å². The lowest BCUT2D eigenvalue weighted by molar-refractivity contribution is -0.127. The molecule has 0 atom stereocenters. The Bertz CT molecular complexity index is 552. The molecule has 21 heavy (non-hydrogen) atoms. The quantitative estimate of drug-likeness (QED) is 0.852. The molecular weight excluding hydrogens is 302 g/mol. The van der Waals surface area contributed by atoms with E-state index in [1.807, 2.05) is 48.8 Å². The molecular formula is C16H19NO2S2. The van der Waals surface area contributed by atoms with E-state index in [1.165, 1.54) is 10.4 Å². The minimum atomic E-state index is 0.0689. The van der Waals surface area contributed by atoms with Crippen LogP contribution in [0.4, 0.5) is 0 Å². The number of carbonyl (C=O) groups excluding carboxylic acids is 1.